The van der Waals surface area contributed by atoms with Gasteiger partial charge in [-0.25, -0.2) is 4.21 Å². The van der Waals surface area contributed by atoms with E-state index in [0.717, 1.165) is 6.42 Å². The standard InChI is InChI=1S/C7H17NOS/c1-4-10(8,9)6-5-7(2)3/h7-8H,4-6H2,1-3H3. The molecule has 0 spiro atoms. The predicted octanol–water partition coefficient (Wildman–Crippen LogP) is 2.10. The van der Waals surface area contributed by atoms with Crippen LogP contribution in [0, 0.1) is 10.7 Å². The summed E-state index contributed by atoms with van der Waals surface area (Å²) < 4.78 is 18.4. The van der Waals surface area contributed by atoms with Crippen molar-refractivity contribution in [2.24, 2.45) is 5.92 Å². The molecule has 1 unspecified atom stereocenters. The Morgan fingerprint density at radius 1 is 1.50 bits per heavy atom. The molecule has 0 bridgehead atoms. The van der Waals surface area contributed by atoms with E-state index < -0.39 is 9.73 Å². The third kappa shape index (κ3) is 4.79. The van der Waals surface area contributed by atoms with Crippen molar-refractivity contribution in [3.63, 3.8) is 0 Å². The fraction of sp³-hybridized carbons (Fsp3) is 1.00. The van der Waals surface area contributed by atoms with E-state index in [9.17, 15) is 4.21 Å². The molecule has 3 heteroatoms. The monoisotopic (exact) mass is 163 g/mol. The van der Waals surface area contributed by atoms with E-state index in [-0.39, 0.29) is 0 Å². The van der Waals surface area contributed by atoms with Crippen LogP contribution >= 0.6 is 0 Å². The molecule has 0 aliphatic rings. The van der Waals surface area contributed by atoms with E-state index in [4.69, 9.17) is 4.78 Å². The van der Waals surface area contributed by atoms with Crippen LogP contribution in [0.2, 0.25) is 0 Å². The zero-order valence-electron chi connectivity index (χ0n) is 7.02. The molecular weight excluding hydrogens is 146 g/mol. The number of hydrogen-bond donors (Lipinski definition) is 1. The lowest BCUT2D eigenvalue weighted by Gasteiger charge is -2.05. The Hall–Kier alpha value is -0.0500. The lowest BCUT2D eigenvalue weighted by molar-refractivity contribution is 0.616. The molecular formula is C7H17NOS. The summed E-state index contributed by atoms with van der Waals surface area (Å²) in [6.07, 6.45) is 0.913. The minimum atomic E-state index is -2.21. The van der Waals surface area contributed by atoms with E-state index in [2.05, 4.69) is 13.8 Å². The first kappa shape index (κ1) is 9.95. The summed E-state index contributed by atoms with van der Waals surface area (Å²) in [7, 11) is -2.21. The lowest BCUT2D eigenvalue weighted by atomic mass is 10.2. The normalized spacial score (nSPS) is 17.2. The molecule has 0 aliphatic heterocycles. The van der Waals surface area contributed by atoms with Crippen LogP contribution in [0.25, 0.3) is 0 Å². The molecule has 0 saturated carbocycles. The largest absolute Gasteiger partial charge is 0.253 e. The van der Waals surface area contributed by atoms with Crippen LogP contribution in [0.5, 0.6) is 0 Å². The number of hydrogen-bond acceptors (Lipinski definition) is 2. The Morgan fingerprint density at radius 3 is 2.30 bits per heavy atom. The molecule has 1 atom stereocenters. The maximum Gasteiger partial charge on any atom is 0.0438 e. The van der Waals surface area contributed by atoms with Crippen molar-refractivity contribution >= 4 is 9.73 Å². The van der Waals surface area contributed by atoms with Gasteiger partial charge in [-0.05, 0) is 12.3 Å². The SMILES string of the molecule is CCS(=N)(=O)CCC(C)C. The summed E-state index contributed by atoms with van der Waals surface area (Å²) in [4.78, 5) is 0. The molecule has 0 fully saturated rings. The molecule has 0 aliphatic carbocycles. The van der Waals surface area contributed by atoms with Crippen LogP contribution in [-0.2, 0) is 9.73 Å². The molecule has 0 radical (unpaired) electrons. The van der Waals surface area contributed by atoms with Crippen molar-refractivity contribution in [3.8, 4) is 0 Å². The summed E-state index contributed by atoms with van der Waals surface area (Å²) in [5.74, 6) is 1.64. The zero-order valence-corrected chi connectivity index (χ0v) is 7.83. The third-order valence-corrected chi connectivity index (χ3v) is 3.32. The van der Waals surface area contributed by atoms with Crippen molar-refractivity contribution in [1.82, 2.24) is 0 Å². The fourth-order valence-corrected chi connectivity index (χ4v) is 1.71. The van der Waals surface area contributed by atoms with E-state index in [1.165, 1.54) is 0 Å². The Labute approximate surface area is 64.0 Å². The average Bonchev–Trinajstić information content (AvgIpc) is 1.85. The topological polar surface area (TPSA) is 40.9 Å². The summed E-state index contributed by atoms with van der Waals surface area (Å²) in [6, 6.07) is 0. The van der Waals surface area contributed by atoms with Gasteiger partial charge in [0.15, 0.2) is 0 Å². The van der Waals surface area contributed by atoms with Crippen LogP contribution < -0.4 is 0 Å². The van der Waals surface area contributed by atoms with Crippen LogP contribution in [0.4, 0.5) is 0 Å². The minimum absolute atomic E-state index is 0.500. The molecule has 10 heavy (non-hydrogen) atoms. The lowest BCUT2D eigenvalue weighted by Crippen LogP contribution is -2.08. The summed E-state index contributed by atoms with van der Waals surface area (Å²) in [5, 5.41) is 0. The third-order valence-electron chi connectivity index (χ3n) is 1.49. The van der Waals surface area contributed by atoms with Crippen molar-refractivity contribution in [1.29, 1.82) is 4.78 Å². The van der Waals surface area contributed by atoms with Gasteiger partial charge in [0.25, 0.3) is 0 Å². The Bertz CT molecular complexity index is 170. The second-order valence-electron chi connectivity index (χ2n) is 2.99. The van der Waals surface area contributed by atoms with Crippen LogP contribution in [-0.4, -0.2) is 15.7 Å². The van der Waals surface area contributed by atoms with Gasteiger partial charge in [-0.2, -0.15) is 0 Å². The smallest absolute Gasteiger partial charge is 0.0438 e. The van der Waals surface area contributed by atoms with Crippen LogP contribution in [0.1, 0.15) is 27.2 Å². The number of rotatable bonds is 4. The van der Waals surface area contributed by atoms with Gasteiger partial charge in [-0.15, -0.1) is 0 Å². The molecule has 0 heterocycles. The van der Waals surface area contributed by atoms with E-state index in [1.807, 2.05) is 6.92 Å². The number of nitrogens with one attached hydrogen (secondary N) is 1. The van der Waals surface area contributed by atoms with Gasteiger partial charge in [0.1, 0.15) is 0 Å². The minimum Gasteiger partial charge on any atom is -0.253 e. The van der Waals surface area contributed by atoms with Gasteiger partial charge in [0.05, 0.1) is 0 Å². The molecule has 1 N–H and O–H groups in total. The Morgan fingerprint density at radius 2 is 2.00 bits per heavy atom. The first-order chi connectivity index (χ1) is 4.48. The zero-order chi connectivity index (χ0) is 8.20. The van der Waals surface area contributed by atoms with Gasteiger partial charge in [0.2, 0.25) is 0 Å². The van der Waals surface area contributed by atoms with Crippen LogP contribution in [0.15, 0.2) is 0 Å². The average molecular weight is 163 g/mol. The summed E-state index contributed by atoms with van der Waals surface area (Å²) in [5.41, 5.74) is 0. The molecule has 0 aromatic carbocycles. The predicted molar refractivity (Wildman–Crippen MR) is 45.7 cm³/mol. The first-order valence-corrected chi connectivity index (χ1v) is 5.61. The highest BCUT2D eigenvalue weighted by Gasteiger charge is 2.03. The first-order valence-electron chi connectivity index (χ1n) is 3.72. The van der Waals surface area contributed by atoms with Gasteiger partial charge in [-0.3, -0.25) is 4.78 Å². The highest BCUT2D eigenvalue weighted by Crippen LogP contribution is 2.03. The van der Waals surface area contributed by atoms with E-state index >= 15 is 0 Å². The molecule has 0 saturated heterocycles. The van der Waals surface area contributed by atoms with Crippen molar-refractivity contribution in [3.05, 3.63) is 0 Å². The van der Waals surface area contributed by atoms with Crippen molar-refractivity contribution in [2.45, 2.75) is 27.2 Å². The summed E-state index contributed by atoms with van der Waals surface area (Å²) >= 11 is 0. The highest BCUT2D eigenvalue weighted by atomic mass is 32.2. The Balaban J connectivity index is 3.70. The quantitative estimate of drug-likeness (QED) is 0.677. The maximum atomic E-state index is 11.1. The molecule has 62 valence electrons. The molecule has 0 aromatic rings. The van der Waals surface area contributed by atoms with Gasteiger partial charge in [0, 0.05) is 21.2 Å². The van der Waals surface area contributed by atoms with Gasteiger partial charge < -0.3 is 0 Å². The van der Waals surface area contributed by atoms with Gasteiger partial charge in [-0.1, -0.05) is 20.8 Å². The van der Waals surface area contributed by atoms with Crippen molar-refractivity contribution in [2.75, 3.05) is 11.5 Å². The summed E-state index contributed by atoms with van der Waals surface area (Å²) in [6.45, 7) is 5.99. The molecule has 0 amide bonds. The maximum absolute atomic E-state index is 11.1. The molecule has 0 rings (SSSR count). The van der Waals surface area contributed by atoms with Crippen LogP contribution in [0.3, 0.4) is 0 Å². The second kappa shape index (κ2) is 3.96. The van der Waals surface area contributed by atoms with Gasteiger partial charge >= 0.3 is 0 Å². The fourth-order valence-electron chi connectivity index (χ4n) is 0.570. The molecule has 2 nitrogen and oxygen atoms in total. The highest BCUT2D eigenvalue weighted by molar-refractivity contribution is 7.92. The van der Waals surface area contributed by atoms with E-state index in [0.29, 0.717) is 17.4 Å². The van der Waals surface area contributed by atoms with Crippen molar-refractivity contribution < 1.29 is 4.21 Å². The van der Waals surface area contributed by atoms with E-state index in [1.54, 1.807) is 0 Å². The second-order valence-corrected chi connectivity index (χ2v) is 5.60. The molecule has 0 aromatic heterocycles. The Kier molecular flexibility index (Phi) is 3.94.